The molecule has 0 fully saturated rings. The van der Waals surface area contributed by atoms with Gasteiger partial charge in [0.1, 0.15) is 5.75 Å². The lowest BCUT2D eigenvalue weighted by Gasteiger charge is -2.16. The van der Waals surface area contributed by atoms with Crippen molar-refractivity contribution in [3.8, 4) is 5.75 Å². The van der Waals surface area contributed by atoms with Crippen molar-refractivity contribution in [3.05, 3.63) is 28.8 Å². The highest BCUT2D eigenvalue weighted by Gasteiger charge is 2.10. The van der Waals surface area contributed by atoms with E-state index in [0.717, 1.165) is 29.7 Å². The number of methoxy groups -OCH3 is 1. The third kappa shape index (κ3) is 2.97. The molecule has 16 heavy (non-hydrogen) atoms. The first-order valence-electron chi connectivity index (χ1n) is 5.71. The van der Waals surface area contributed by atoms with Crippen LogP contribution in [0.1, 0.15) is 35.6 Å². The van der Waals surface area contributed by atoms with Crippen LogP contribution < -0.4 is 16.2 Å². The summed E-state index contributed by atoms with van der Waals surface area (Å²) in [5.41, 5.74) is 15.0. The van der Waals surface area contributed by atoms with Crippen molar-refractivity contribution in [3.63, 3.8) is 0 Å². The van der Waals surface area contributed by atoms with Crippen LogP contribution in [0.2, 0.25) is 0 Å². The van der Waals surface area contributed by atoms with Crippen LogP contribution >= 0.6 is 0 Å². The van der Waals surface area contributed by atoms with Gasteiger partial charge in [0.25, 0.3) is 0 Å². The summed E-state index contributed by atoms with van der Waals surface area (Å²) in [6.07, 6.45) is 1.90. The summed E-state index contributed by atoms with van der Waals surface area (Å²) in [5.74, 6) is 0.953. The molecule has 1 aromatic carbocycles. The highest BCUT2D eigenvalue weighted by molar-refractivity contribution is 5.44. The van der Waals surface area contributed by atoms with Crippen LogP contribution in [0, 0.1) is 13.8 Å². The second-order valence-electron chi connectivity index (χ2n) is 4.23. The number of rotatable bonds is 5. The van der Waals surface area contributed by atoms with Crippen LogP contribution in [-0.2, 0) is 0 Å². The van der Waals surface area contributed by atoms with Crippen molar-refractivity contribution in [1.29, 1.82) is 0 Å². The Balaban J connectivity index is 2.90. The van der Waals surface area contributed by atoms with E-state index in [1.54, 1.807) is 7.11 Å². The second-order valence-corrected chi connectivity index (χ2v) is 4.23. The molecular formula is C13H22N2O. The van der Waals surface area contributed by atoms with Gasteiger partial charge in [-0.05, 0) is 49.9 Å². The topological polar surface area (TPSA) is 61.3 Å². The zero-order valence-corrected chi connectivity index (χ0v) is 10.4. The first-order chi connectivity index (χ1) is 7.60. The molecule has 1 rings (SSSR count). The third-order valence-electron chi connectivity index (χ3n) is 2.83. The van der Waals surface area contributed by atoms with Crippen LogP contribution in [0.5, 0.6) is 5.75 Å². The van der Waals surface area contributed by atoms with Gasteiger partial charge in [-0.25, -0.2) is 0 Å². The molecule has 0 saturated carbocycles. The predicted octanol–water partition coefficient (Wildman–Crippen LogP) is 2.05. The lowest BCUT2D eigenvalue weighted by atomic mass is 9.98. The molecule has 0 saturated heterocycles. The lowest BCUT2D eigenvalue weighted by molar-refractivity contribution is 0.408. The van der Waals surface area contributed by atoms with Crippen LogP contribution in [0.3, 0.4) is 0 Å². The minimum absolute atomic E-state index is 0.0758. The SMILES string of the molecule is COc1c(C)cc([C@H](N)CCCN)cc1C. The minimum atomic E-state index is 0.0758. The molecule has 0 aliphatic carbocycles. The first kappa shape index (κ1) is 13.0. The Morgan fingerprint density at radius 3 is 2.25 bits per heavy atom. The number of nitrogens with two attached hydrogens (primary N) is 2. The molecule has 1 aromatic rings. The smallest absolute Gasteiger partial charge is 0.124 e. The molecule has 90 valence electrons. The summed E-state index contributed by atoms with van der Waals surface area (Å²) in [6.45, 7) is 4.79. The van der Waals surface area contributed by atoms with E-state index in [0.29, 0.717) is 6.54 Å². The maximum Gasteiger partial charge on any atom is 0.124 e. The van der Waals surface area contributed by atoms with E-state index in [1.165, 1.54) is 5.56 Å². The fraction of sp³-hybridized carbons (Fsp3) is 0.538. The monoisotopic (exact) mass is 222 g/mol. The highest BCUT2D eigenvalue weighted by atomic mass is 16.5. The van der Waals surface area contributed by atoms with Crippen LogP contribution in [0.4, 0.5) is 0 Å². The minimum Gasteiger partial charge on any atom is -0.496 e. The van der Waals surface area contributed by atoms with Gasteiger partial charge in [0.15, 0.2) is 0 Å². The fourth-order valence-electron chi connectivity index (χ4n) is 2.02. The molecule has 0 spiro atoms. The second kappa shape index (κ2) is 5.87. The Labute approximate surface area is 97.8 Å². The summed E-state index contributed by atoms with van der Waals surface area (Å²) in [6, 6.07) is 4.28. The van der Waals surface area contributed by atoms with Gasteiger partial charge in [0, 0.05) is 6.04 Å². The van der Waals surface area contributed by atoms with E-state index in [-0.39, 0.29) is 6.04 Å². The molecule has 0 unspecified atom stereocenters. The Morgan fingerprint density at radius 2 is 1.81 bits per heavy atom. The number of hydrogen-bond acceptors (Lipinski definition) is 3. The molecule has 0 heterocycles. The predicted molar refractivity (Wildman–Crippen MR) is 67.7 cm³/mol. The van der Waals surface area contributed by atoms with Gasteiger partial charge in [0.2, 0.25) is 0 Å². The summed E-state index contributed by atoms with van der Waals surface area (Å²) in [5, 5.41) is 0. The van der Waals surface area contributed by atoms with Gasteiger partial charge >= 0.3 is 0 Å². The zero-order valence-electron chi connectivity index (χ0n) is 10.4. The summed E-state index contributed by atoms with van der Waals surface area (Å²) >= 11 is 0. The standard InChI is InChI=1S/C13H22N2O/c1-9-7-11(12(15)5-4-6-14)8-10(2)13(9)16-3/h7-8,12H,4-6,14-15H2,1-3H3/t12-/m1/s1. The van der Waals surface area contributed by atoms with E-state index in [1.807, 2.05) is 13.8 Å². The molecule has 0 aromatic heterocycles. The molecule has 1 atom stereocenters. The van der Waals surface area contributed by atoms with Gasteiger partial charge in [-0.1, -0.05) is 12.1 Å². The maximum atomic E-state index is 6.11. The molecule has 0 bridgehead atoms. The van der Waals surface area contributed by atoms with Crippen molar-refractivity contribution < 1.29 is 4.74 Å². The van der Waals surface area contributed by atoms with Crippen molar-refractivity contribution in [1.82, 2.24) is 0 Å². The Kier molecular flexibility index (Phi) is 4.77. The van der Waals surface area contributed by atoms with Crippen LogP contribution in [-0.4, -0.2) is 13.7 Å². The quantitative estimate of drug-likeness (QED) is 0.801. The van der Waals surface area contributed by atoms with Crippen molar-refractivity contribution >= 4 is 0 Å². The van der Waals surface area contributed by atoms with Crippen molar-refractivity contribution in [2.75, 3.05) is 13.7 Å². The van der Waals surface area contributed by atoms with Gasteiger partial charge in [-0.2, -0.15) is 0 Å². The first-order valence-corrected chi connectivity index (χ1v) is 5.71. The largest absolute Gasteiger partial charge is 0.496 e. The van der Waals surface area contributed by atoms with Crippen molar-refractivity contribution in [2.24, 2.45) is 11.5 Å². The highest BCUT2D eigenvalue weighted by Crippen LogP contribution is 2.27. The summed E-state index contributed by atoms with van der Waals surface area (Å²) < 4.78 is 5.33. The van der Waals surface area contributed by atoms with Crippen LogP contribution in [0.25, 0.3) is 0 Å². The molecule has 0 aliphatic rings. The number of hydrogen-bond donors (Lipinski definition) is 2. The molecule has 3 heteroatoms. The van der Waals surface area contributed by atoms with E-state index >= 15 is 0 Å². The summed E-state index contributed by atoms with van der Waals surface area (Å²) in [7, 11) is 1.70. The lowest BCUT2D eigenvalue weighted by Crippen LogP contribution is -2.13. The van der Waals surface area contributed by atoms with Crippen LogP contribution in [0.15, 0.2) is 12.1 Å². The van der Waals surface area contributed by atoms with E-state index in [4.69, 9.17) is 16.2 Å². The van der Waals surface area contributed by atoms with Gasteiger partial charge in [-0.3, -0.25) is 0 Å². The number of ether oxygens (including phenoxy) is 1. The zero-order chi connectivity index (χ0) is 12.1. The Hall–Kier alpha value is -1.06. The van der Waals surface area contributed by atoms with Gasteiger partial charge in [0.05, 0.1) is 7.11 Å². The number of benzene rings is 1. The molecule has 0 aliphatic heterocycles. The maximum absolute atomic E-state index is 6.11. The third-order valence-corrected chi connectivity index (χ3v) is 2.83. The van der Waals surface area contributed by atoms with Crippen molar-refractivity contribution in [2.45, 2.75) is 32.7 Å². The molecule has 0 amide bonds. The van der Waals surface area contributed by atoms with E-state index < -0.39 is 0 Å². The Morgan fingerprint density at radius 1 is 1.25 bits per heavy atom. The molecular weight excluding hydrogens is 200 g/mol. The molecule has 4 N–H and O–H groups in total. The average Bonchev–Trinajstić information content (AvgIpc) is 2.25. The molecule has 3 nitrogen and oxygen atoms in total. The number of aryl methyl sites for hydroxylation is 2. The van der Waals surface area contributed by atoms with Gasteiger partial charge in [-0.15, -0.1) is 0 Å². The van der Waals surface area contributed by atoms with Gasteiger partial charge < -0.3 is 16.2 Å². The molecule has 0 radical (unpaired) electrons. The van der Waals surface area contributed by atoms with E-state index in [2.05, 4.69) is 12.1 Å². The normalized spacial score (nSPS) is 12.6. The summed E-state index contributed by atoms with van der Waals surface area (Å²) in [4.78, 5) is 0. The Bertz CT molecular complexity index is 327. The average molecular weight is 222 g/mol. The van der Waals surface area contributed by atoms with E-state index in [9.17, 15) is 0 Å². The fourth-order valence-corrected chi connectivity index (χ4v) is 2.02.